The van der Waals surface area contributed by atoms with E-state index in [9.17, 15) is 0 Å². The van der Waals surface area contributed by atoms with Gasteiger partial charge in [0.15, 0.2) is 17.5 Å². The first-order chi connectivity index (χ1) is 13.2. The molecule has 0 heterocycles. The SMILES string of the molecule is CCCOCc1ccccc1CNC(=NC)Nc1ccc(OC)c(OC)c1. The lowest BCUT2D eigenvalue weighted by molar-refractivity contribution is 0.121. The second-order valence-electron chi connectivity index (χ2n) is 5.94. The molecular weight excluding hydrogens is 342 g/mol. The molecule has 0 bridgehead atoms. The van der Waals surface area contributed by atoms with Crippen molar-refractivity contribution in [2.24, 2.45) is 4.99 Å². The molecule has 2 aromatic carbocycles. The molecule has 6 nitrogen and oxygen atoms in total. The maximum atomic E-state index is 5.69. The van der Waals surface area contributed by atoms with Gasteiger partial charge < -0.3 is 24.8 Å². The summed E-state index contributed by atoms with van der Waals surface area (Å²) in [6.07, 6.45) is 1.02. The molecule has 0 unspecified atom stereocenters. The van der Waals surface area contributed by atoms with Crippen molar-refractivity contribution >= 4 is 11.6 Å². The number of nitrogens with zero attached hydrogens (tertiary/aromatic N) is 1. The van der Waals surface area contributed by atoms with E-state index in [0.29, 0.717) is 30.6 Å². The molecule has 0 radical (unpaired) electrons. The average molecular weight is 371 g/mol. The number of benzene rings is 2. The maximum absolute atomic E-state index is 5.69. The van der Waals surface area contributed by atoms with Crippen LogP contribution in [0, 0.1) is 0 Å². The number of anilines is 1. The normalized spacial score (nSPS) is 11.2. The van der Waals surface area contributed by atoms with Crippen LogP contribution in [0.15, 0.2) is 47.5 Å². The number of guanidine groups is 1. The molecule has 0 atom stereocenters. The summed E-state index contributed by atoms with van der Waals surface area (Å²) in [7, 11) is 4.98. The van der Waals surface area contributed by atoms with E-state index in [-0.39, 0.29) is 0 Å². The van der Waals surface area contributed by atoms with Gasteiger partial charge in [0.25, 0.3) is 0 Å². The summed E-state index contributed by atoms with van der Waals surface area (Å²) in [5.74, 6) is 2.02. The fraction of sp³-hybridized carbons (Fsp3) is 0.381. The number of rotatable bonds is 9. The van der Waals surface area contributed by atoms with E-state index in [4.69, 9.17) is 14.2 Å². The highest BCUT2D eigenvalue weighted by atomic mass is 16.5. The zero-order valence-corrected chi connectivity index (χ0v) is 16.5. The van der Waals surface area contributed by atoms with Gasteiger partial charge in [-0.15, -0.1) is 0 Å². The van der Waals surface area contributed by atoms with E-state index in [1.54, 1.807) is 21.3 Å². The number of hydrogen-bond donors (Lipinski definition) is 2. The van der Waals surface area contributed by atoms with Crippen molar-refractivity contribution in [2.75, 3.05) is 33.2 Å². The zero-order chi connectivity index (χ0) is 19.5. The topological polar surface area (TPSA) is 64.1 Å². The monoisotopic (exact) mass is 371 g/mol. The summed E-state index contributed by atoms with van der Waals surface area (Å²) in [5, 5.41) is 6.61. The van der Waals surface area contributed by atoms with E-state index >= 15 is 0 Å². The molecule has 2 aromatic rings. The Hall–Kier alpha value is -2.73. The molecule has 2 N–H and O–H groups in total. The lowest BCUT2D eigenvalue weighted by atomic mass is 10.1. The van der Waals surface area contributed by atoms with Gasteiger partial charge in [0.1, 0.15) is 0 Å². The largest absolute Gasteiger partial charge is 0.493 e. The van der Waals surface area contributed by atoms with Crippen LogP contribution in [0.1, 0.15) is 24.5 Å². The number of nitrogens with one attached hydrogen (secondary N) is 2. The Morgan fingerprint density at radius 3 is 2.41 bits per heavy atom. The van der Waals surface area contributed by atoms with Gasteiger partial charge in [-0.2, -0.15) is 0 Å². The Balaban J connectivity index is 2.00. The molecule has 0 amide bonds. The summed E-state index contributed by atoms with van der Waals surface area (Å²) in [4.78, 5) is 4.29. The Morgan fingerprint density at radius 2 is 1.74 bits per heavy atom. The summed E-state index contributed by atoms with van der Waals surface area (Å²) < 4.78 is 16.3. The molecule has 146 valence electrons. The first-order valence-electron chi connectivity index (χ1n) is 9.06. The van der Waals surface area contributed by atoms with Gasteiger partial charge in [-0.25, -0.2) is 0 Å². The molecule has 0 aliphatic heterocycles. The van der Waals surface area contributed by atoms with Crippen molar-refractivity contribution < 1.29 is 14.2 Å². The van der Waals surface area contributed by atoms with Crippen molar-refractivity contribution in [3.05, 3.63) is 53.6 Å². The third-order valence-corrected chi connectivity index (χ3v) is 4.04. The van der Waals surface area contributed by atoms with Crippen LogP contribution in [0.4, 0.5) is 5.69 Å². The molecule has 0 aliphatic carbocycles. The summed E-state index contributed by atoms with van der Waals surface area (Å²) >= 11 is 0. The van der Waals surface area contributed by atoms with E-state index < -0.39 is 0 Å². The fourth-order valence-corrected chi connectivity index (χ4v) is 2.61. The molecule has 0 fully saturated rings. The third-order valence-electron chi connectivity index (χ3n) is 4.04. The molecule has 0 saturated carbocycles. The Labute approximate surface area is 161 Å². The van der Waals surface area contributed by atoms with Crippen LogP contribution in [0.2, 0.25) is 0 Å². The van der Waals surface area contributed by atoms with Gasteiger partial charge >= 0.3 is 0 Å². The van der Waals surface area contributed by atoms with Crippen molar-refractivity contribution in [1.29, 1.82) is 0 Å². The lowest BCUT2D eigenvalue weighted by Gasteiger charge is -2.15. The van der Waals surface area contributed by atoms with Crippen molar-refractivity contribution in [3.63, 3.8) is 0 Å². The standard InChI is InChI=1S/C21H29N3O3/c1-5-12-27-15-17-9-7-6-8-16(17)14-23-21(22-2)24-18-10-11-19(25-3)20(13-18)26-4/h6-11,13H,5,12,14-15H2,1-4H3,(H2,22,23,24). The van der Waals surface area contributed by atoms with E-state index in [1.165, 1.54) is 11.1 Å². The lowest BCUT2D eigenvalue weighted by Crippen LogP contribution is -2.30. The van der Waals surface area contributed by atoms with Crippen LogP contribution in [0.5, 0.6) is 11.5 Å². The highest BCUT2D eigenvalue weighted by Crippen LogP contribution is 2.29. The first kappa shape index (κ1) is 20.6. The van der Waals surface area contributed by atoms with Crippen LogP contribution < -0.4 is 20.1 Å². The second-order valence-corrected chi connectivity index (χ2v) is 5.94. The predicted molar refractivity (Wildman–Crippen MR) is 110 cm³/mol. The highest BCUT2D eigenvalue weighted by molar-refractivity contribution is 5.93. The molecular formula is C21H29N3O3. The molecule has 0 saturated heterocycles. The second kappa shape index (κ2) is 11.1. The van der Waals surface area contributed by atoms with Crippen LogP contribution in [-0.2, 0) is 17.9 Å². The molecule has 2 rings (SSSR count). The van der Waals surface area contributed by atoms with Crippen LogP contribution >= 0.6 is 0 Å². The zero-order valence-electron chi connectivity index (χ0n) is 16.5. The summed E-state index contributed by atoms with van der Waals surface area (Å²) in [6, 6.07) is 13.9. The van der Waals surface area contributed by atoms with Crippen LogP contribution in [0.3, 0.4) is 0 Å². The smallest absolute Gasteiger partial charge is 0.195 e. The predicted octanol–water partition coefficient (Wildman–Crippen LogP) is 3.82. The Kier molecular flexibility index (Phi) is 8.45. The Bertz CT molecular complexity index is 747. The molecule has 6 heteroatoms. The molecule has 0 aliphatic rings. The quantitative estimate of drug-likeness (QED) is 0.399. The first-order valence-corrected chi connectivity index (χ1v) is 9.06. The molecule has 27 heavy (non-hydrogen) atoms. The van der Waals surface area contributed by atoms with Crippen LogP contribution in [0.25, 0.3) is 0 Å². The highest BCUT2D eigenvalue weighted by Gasteiger charge is 2.07. The van der Waals surface area contributed by atoms with Gasteiger partial charge in [-0.1, -0.05) is 31.2 Å². The molecule has 0 aromatic heterocycles. The minimum absolute atomic E-state index is 0.618. The maximum Gasteiger partial charge on any atom is 0.195 e. The minimum Gasteiger partial charge on any atom is -0.493 e. The summed E-state index contributed by atoms with van der Waals surface area (Å²) in [6.45, 7) is 4.15. The van der Waals surface area contributed by atoms with Crippen LogP contribution in [-0.4, -0.2) is 33.8 Å². The van der Waals surface area contributed by atoms with Crippen molar-refractivity contribution in [1.82, 2.24) is 5.32 Å². The van der Waals surface area contributed by atoms with Crippen molar-refractivity contribution in [2.45, 2.75) is 26.5 Å². The van der Waals surface area contributed by atoms with Gasteiger partial charge in [0.05, 0.1) is 20.8 Å². The Morgan fingerprint density at radius 1 is 1.00 bits per heavy atom. The van der Waals surface area contributed by atoms with Gasteiger partial charge in [0, 0.05) is 32.0 Å². The minimum atomic E-state index is 0.618. The third kappa shape index (κ3) is 6.18. The number of ether oxygens (including phenoxy) is 3. The van der Waals surface area contributed by atoms with E-state index in [2.05, 4.69) is 34.7 Å². The van der Waals surface area contributed by atoms with Gasteiger partial charge in [0.2, 0.25) is 0 Å². The molecule has 0 spiro atoms. The number of aliphatic imine (C=N–C) groups is 1. The van der Waals surface area contributed by atoms with E-state index in [0.717, 1.165) is 18.7 Å². The van der Waals surface area contributed by atoms with Gasteiger partial charge in [-0.3, -0.25) is 4.99 Å². The summed E-state index contributed by atoms with van der Waals surface area (Å²) in [5.41, 5.74) is 3.23. The van der Waals surface area contributed by atoms with Crippen molar-refractivity contribution in [3.8, 4) is 11.5 Å². The van der Waals surface area contributed by atoms with E-state index in [1.807, 2.05) is 30.3 Å². The fourth-order valence-electron chi connectivity index (χ4n) is 2.61. The number of hydrogen-bond acceptors (Lipinski definition) is 4. The number of methoxy groups -OCH3 is 2. The van der Waals surface area contributed by atoms with Gasteiger partial charge in [-0.05, 0) is 29.7 Å². The average Bonchev–Trinajstić information content (AvgIpc) is 2.71.